The summed E-state index contributed by atoms with van der Waals surface area (Å²) in [5, 5.41) is 0.848. The van der Waals surface area contributed by atoms with Gasteiger partial charge in [0.05, 0.1) is 0 Å². The smallest absolute Gasteiger partial charge is 0.187 e. The molecule has 0 N–H and O–H groups in total. The summed E-state index contributed by atoms with van der Waals surface area (Å²) >= 11 is 1.59. The van der Waals surface area contributed by atoms with Crippen LogP contribution in [0.25, 0.3) is 0 Å². The van der Waals surface area contributed by atoms with Crippen molar-refractivity contribution in [2.24, 2.45) is 0 Å². The third-order valence-electron chi connectivity index (χ3n) is 4.97. The molecule has 1 saturated heterocycles. The molecule has 4 nitrogen and oxygen atoms in total. The second-order valence-electron chi connectivity index (χ2n) is 6.83. The number of thioether (sulfide) groups is 1. The third-order valence-corrected chi connectivity index (χ3v) is 5.55. The van der Waals surface area contributed by atoms with E-state index < -0.39 is 0 Å². The van der Waals surface area contributed by atoms with E-state index in [0.29, 0.717) is 6.04 Å². The quantitative estimate of drug-likeness (QED) is 0.561. The zero-order valence-electron chi connectivity index (χ0n) is 15.3. The lowest BCUT2D eigenvalue weighted by atomic mass is 10.0. The first-order chi connectivity index (χ1) is 12.2. The van der Waals surface area contributed by atoms with Crippen molar-refractivity contribution >= 4 is 11.8 Å². The molecule has 3 rings (SSSR count). The van der Waals surface area contributed by atoms with Gasteiger partial charge >= 0.3 is 0 Å². The van der Waals surface area contributed by atoms with Crippen LogP contribution in [-0.4, -0.2) is 58.7 Å². The maximum Gasteiger partial charge on any atom is 0.187 e. The Bertz CT molecular complexity index is 632. The molecule has 2 aromatic rings. The summed E-state index contributed by atoms with van der Waals surface area (Å²) in [4.78, 5) is 13.9. The molecule has 0 bridgehead atoms. The van der Waals surface area contributed by atoms with E-state index >= 15 is 0 Å². The lowest BCUT2D eigenvalue weighted by Crippen LogP contribution is -2.46. The van der Waals surface area contributed by atoms with Crippen molar-refractivity contribution in [3.8, 4) is 0 Å². The van der Waals surface area contributed by atoms with E-state index in [9.17, 15) is 0 Å². The molecule has 1 unspecified atom stereocenters. The fourth-order valence-corrected chi connectivity index (χ4v) is 3.77. The summed E-state index contributed by atoms with van der Waals surface area (Å²) < 4.78 is 0. The van der Waals surface area contributed by atoms with Crippen molar-refractivity contribution < 1.29 is 0 Å². The van der Waals surface area contributed by atoms with Crippen molar-refractivity contribution in [1.29, 1.82) is 0 Å². The number of nitrogens with zero attached hydrogens (tertiary/aromatic N) is 4. The standard InChI is InChI=1S/C20H28N4S/c1-23(12-10-17-7-4-3-5-8-17)19-9-6-11-24(16-19)15-18-13-21-20(25-2)22-14-18/h3-5,7-8,13-14,19H,6,9-12,15-16H2,1-2H3. The van der Waals surface area contributed by atoms with Gasteiger partial charge in [-0.25, -0.2) is 9.97 Å². The zero-order chi connectivity index (χ0) is 17.5. The van der Waals surface area contributed by atoms with Crippen LogP contribution in [0.15, 0.2) is 47.9 Å². The molecule has 1 aromatic carbocycles. The van der Waals surface area contributed by atoms with Crippen LogP contribution in [0.2, 0.25) is 0 Å². The van der Waals surface area contributed by atoms with E-state index in [1.165, 1.54) is 30.5 Å². The normalized spacial score (nSPS) is 18.6. The Kier molecular flexibility index (Phi) is 6.84. The number of benzene rings is 1. The van der Waals surface area contributed by atoms with Gasteiger partial charge in [-0.3, -0.25) is 4.90 Å². The van der Waals surface area contributed by atoms with Crippen molar-refractivity contribution in [3.63, 3.8) is 0 Å². The van der Waals surface area contributed by atoms with E-state index in [0.717, 1.165) is 31.2 Å². The Morgan fingerprint density at radius 1 is 1.16 bits per heavy atom. The molecule has 1 aliphatic heterocycles. The van der Waals surface area contributed by atoms with Gasteiger partial charge in [0.2, 0.25) is 0 Å². The Morgan fingerprint density at radius 3 is 2.64 bits per heavy atom. The maximum atomic E-state index is 4.39. The molecule has 1 fully saturated rings. The van der Waals surface area contributed by atoms with Crippen LogP contribution in [0.4, 0.5) is 0 Å². The van der Waals surface area contributed by atoms with Gasteiger partial charge in [0.25, 0.3) is 0 Å². The lowest BCUT2D eigenvalue weighted by molar-refractivity contribution is 0.112. The Morgan fingerprint density at radius 2 is 1.92 bits per heavy atom. The molecular weight excluding hydrogens is 328 g/mol. The SMILES string of the molecule is CSc1ncc(CN2CCCC(N(C)CCc3ccccc3)C2)cn1. The maximum absolute atomic E-state index is 4.39. The number of piperidine rings is 1. The Balaban J connectivity index is 1.49. The first kappa shape index (κ1) is 18.4. The molecule has 0 amide bonds. The van der Waals surface area contributed by atoms with E-state index in [1.54, 1.807) is 11.8 Å². The highest BCUT2D eigenvalue weighted by Gasteiger charge is 2.23. The molecular formula is C20H28N4S. The molecule has 25 heavy (non-hydrogen) atoms. The van der Waals surface area contributed by atoms with E-state index in [-0.39, 0.29) is 0 Å². The van der Waals surface area contributed by atoms with Gasteiger partial charge < -0.3 is 4.90 Å². The highest BCUT2D eigenvalue weighted by atomic mass is 32.2. The third kappa shape index (κ3) is 5.53. The monoisotopic (exact) mass is 356 g/mol. The number of likely N-dealkylation sites (N-methyl/N-ethyl adjacent to an activating group) is 1. The first-order valence-corrected chi connectivity index (χ1v) is 10.3. The Labute approximate surface area is 155 Å². The summed E-state index contributed by atoms with van der Waals surface area (Å²) in [6.45, 7) is 4.38. The van der Waals surface area contributed by atoms with Crippen LogP contribution in [0, 0.1) is 0 Å². The molecule has 0 radical (unpaired) electrons. The molecule has 134 valence electrons. The number of likely N-dealkylation sites (tertiary alicyclic amines) is 1. The highest BCUT2D eigenvalue weighted by Crippen LogP contribution is 2.18. The largest absolute Gasteiger partial charge is 0.302 e. The van der Waals surface area contributed by atoms with Gasteiger partial charge in [0, 0.05) is 43.6 Å². The fourth-order valence-electron chi connectivity index (χ4n) is 3.46. The Hall–Kier alpha value is -1.43. The second-order valence-corrected chi connectivity index (χ2v) is 7.60. The minimum Gasteiger partial charge on any atom is -0.302 e. The van der Waals surface area contributed by atoms with Gasteiger partial charge in [0.1, 0.15) is 0 Å². The number of aromatic nitrogens is 2. The highest BCUT2D eigenvalue weighted by molar-refractivity contribution is 7.98. The lowest BCUT2D eigenvalue weighted by Gasteiger charge is -2.37. The van der Waals surface area contributed by atoms with Gasteiger partial charge in [-0.2, -0.15) is 0 Å². The molecule has 0 aliphatic carbocycles. The fraction of sp³-hybridized carbons (Fsp3) is 0.500. The molecule has 0 saturated carbocycles. The van der Waals surface area contributed by atoms with Gasteiger partial charge in [0.15, 0.2) is 5.16 Å². The minimum absolute atomic E-state index is 0.642. The predicted molar refractivity (Wildman–Crippen MR) is 105 cm³/mol. The van der Waals surface area contributed by atoms with Gasteiger partial charge in [-0.05, 0) is 44.7 Å². The molecule has 5 heteroatoms. The first-order valence-electron chi connectivity index (χ1n) is 9.06. The van der Waals surface area contributed by atoms with Crippen LogP contribution in [0.3, 0.4) is 0 Å². The molecule has 2 heterocycles. The predicted octanol–water partition coefficient (Wildman–Crippen LogP) is 3.34. The summed E-state index contributed by atoms with van der Waals surface area (Å²) in [5.74, 6) is 0. The molecule has 0 spiro atoms. The van der Waals surface area contributed by atoms with Crippen molar-refractivity contribution in [2.75, 3.05) is 32.9 Å². The average molecular weight is 357 g/mol. The van der Waals surface area contributed by atoms with Crippen LogP contribution in [0.5, 0.6) is 0 Å². The molecule has 1 aromatic heterocycles. The minimum atomic E-state index is 0.642. The molecule has 1 aliphatic rings. The van der Waals surface area contributed by atoms with Crippen molar-refractivity contribution in [3.05, 3.63) is 53.9 Å². The van der Waals surface area contributed by atoms with Gasteiger partial charge in [-0.1, -0.05) is 42.1 Å². The van der Waals surface area contributed by atoms with Crippen molar-refractivity contribution in [1.82, 2.24) is 19.8 Å². The molecule has 1 atom stereocenters. The summed E-state index contributed by atoms with van der Waals surface area (Å²) in [6, 6.07) is 11.4. The van der Waals surface area contributed by atoms with Crippen LogP contribution in [0.1, 0.15) is 24.0 Å². The summed E-state index contributed by atoms with van der Waals surface area (Å²) in [7, 11) is 2.27. The van der Waals surface area contributed by atoms with Gasteiger partial charge in [-0.15, -0.1) is 0 Å². The van der Waals surface area contributed by atoms with E-state index in [2.05, 4.69) is 57.1 Å². The summed E-state index contributed by atoms with van der Waals surface area (Å²) in [6.07, 6.45) is 9.64. The number of hydrogen-bond acceptors (Lipinski definition) is 5. The van der Waals surface area contributed by atoms with Crippen LogP contribution >= 0.6 is 11.8 Å². The van der Waals surface area contributed by atoms with Crippen LogP contribution < -0.4 is 0 Å². The number of rotatable bonds is 7. The number of hydrogen-bond donors (Lipinski definition) is 0. The zero-order valence-corrected chi connectivity index (χ0v) is 16.1. The van der Waals surface area contributed by atoms with Crippen molar-refractivity contribution in [2.45, 2.75) is 37.0 Å². The van der Waals surface area contributed by atoms with E-state index in [4.69, 9.17) is 0 Å². The average Bonchev–Trinajstić information content (AvgIpc) is 2.68. The van der Waals surface area contributed by atoms with E-state index in [1.807, 2.05) is 18.6 Å². The second kappa shape index (κ2) is 9.32. The topological polar surface area (TPSA) is 32.3 Å². The van der Waals surface area contributed by atoms with Crippen LogP contribution in [-0.2, 0) is 13.0 Å². The summed E-state index contributed by atoms with van der Waals surface area (Å²) in [5.41, 5.74) is 2.64.